The van der Waals surface area contributed by atoms with Crippen molar-refractivity contribution in [2.24, 2.45) is 10.7 Å². The SMILES string of the molecule is CC(C)c1cccc(C(C)C)c1N=C(N)c1ncc[nH]1. The smallest absolute Gasteiger partial charge is 0.172 e. The number of nitrogens with one attached hydrogen (secondary N) is 1. The number of rotatable bonds is 4. The first kappa shape index (κ1) is 14.3. The predicted molar refractivity (Wildman–Crippen MR) is 83.6 cm³/mol. The standard InChI is InChI=1S/C16H22N4/c1-10(2)12-6-5-7-13(11(3)4)14(12)20-15(17)16-18-8-9-19-16/h5-11H,1-4H3,(H2,17,20)(H,18,19). The topological polar surface area (TPSA) is 67.1 Å². The molecule has 1 aromatic carbocycles. The van der Waals surface area contributed by atoms with Crippen molar-refractivity contribution in [2.45, 2.75) is 39.5 Å². The molecule has 0 saturated carbocycles. The molecule has 2 aromatic rings. The molecule has 3 N–H and O–H groups in total. The van der Waals surface area contributed by atoms with Crippen LogP contribution < -0.4 is 5.73 Å². The van der Waals surface area contributed by atoms with Gasteiger partial charge in [0.05, 0.1) is 5.69 Å². The van der Waals surface area contributed by atoms with Crippen LogP contribution in [0.5, 0.6) is 0 Å². The Bertz CT molecular complexity index is 569. The van der Waals surface area contributed by atoms with Crippen LogP contribution in [0.2, 0.25) is 0 Å². The molecule has 1 aromatic heterocycles. The van der Waals surface area contributed by atoms with Crippen LogP contribution in [0.3, 0.4) is 0 Å². The Labute approximate surface area is 120 Å². The summed E-state index contributed by atoms with van der Waals surface area (Å²) in [6.07, 6.45) is 3.42. The molecule has 20 heavy (non-hydrogen) atoms. The summed E-state index contributed by atoms with van der Waals surface area (Å²) in [6, 6.07) is 6.32. The van der Waals surface area contributed by atoms with Crippen molar-refractivity contribution in [3.05, 3.63) is 47.5 Å². The fourth-order valence-electron chi connectivity index (χ4n) is 2.22. The summed E-state index contributed by atoms with van der Waals surface area (Å²) in [7, 11) is 0. The summed E-state index contributed by atoms with van der Waals surface area (Å²) in [6.45, 7) is 8.67. The maximum atomic E-state index is 6.07. The molecule has 0 atom stereocenters. The Morgan fingerprint density at radius 3 is 2.20 bits per heavy atom. The zero-order valence-corrected chi connectivity index (χ0v) is 12.5. The molecule has 0 radical (unpaired) electrons. The van der Waals surface area contributed by atoms with E-state index in [1.807, 2.05) is 0 Å². The molecule has 106 valence electrons. The van der Waals surface area contributed by atoms with Crippen molar-refractivity contribution < 1.29 is 0 Å². The number of H-pyrrole nitrogens is 1. The summed E-state index contributed by atoms with van der Waals surface area (Å²) in [5.74, 6) is 1.83. The lowest BCUT2D eigenvalue weighted by molar-refractivity contribution is 0.834. The fraction of sp³-hybridized carbons (Fsp3) is 0.375. The van der Waals surface area contributed by atoms with E-state index in [4.69, 9.17) is 5.73 Å². The second-order valence-electron chi connectivity index (χ2n) is 5.53. The second-order valence-corrected chi connectivity index (χ2v) is 5.53. The first-order chi connectivity index (χ1) is 9.50. The van der Waals surface area contributed by atoms with Gasteiger partial charge in [-0.25, -0.2) is 9.98 Å². The highest BCUT2D eigenvalue weighted by Gasteiger charge is 2.14. The maximum absolute atomic E-state index is 6.07. The molecule has 0 bridgehead atoms. The lowest BCUT2D eigenvalue weighted by atomic mass is 9.93. The molecule has 4 nitrogen and oxygen atoms in total. The molecule has 0 amide bonds. The average molecular weight is 270 g/mol. The average Bonchev–Trinajstić information content (AvgIpc) is 2.92. The Hall–Kier alpha value is -2.10. The van der Waals surface area contributed by atoms with E-state index < -0.39 is 0 Å². The molecule has 1 heterocycles. The molecule has 2 rings (SSSR count). The Kier molecular flexibility index (Phi) is 4.23. The van der Waals surface area contributed by atoms with Gasteiger partial charge in [0.25, 0.3) is 0 Å². The van der Waals surface area contributed by atoms with Crippen molar-refractivity contribution in [1.82, 2.24) is 9.97 Å². The van der Waals surface area contributed by atoms with E-state index in [0.29, 0.717) is 23.5 Å². The highest BCUT2D eigenvalue weighted by Crippen LogP contribution is 2.34. The first-order valence-electron chi connectivity index (χ1n) is 6.97. The van der Waals surface area contributed by atoms with Gasteiger partial charge in [-0.3, -0.25) is 0 Å². The van der Waals surface area contributed by atoms with Gasteiger partial charge in [-0.15, -0.1) is 0 Å². The van der Waals surface area contributed by atoms with Gasteiger partial charge in [0.2, 0.25) is 0 Å². The molecule has 0 spiro atoms. The van der Waals surface area contributed by atoms with E-state index >= 15 is 0 Å². The van der Waals surface area contributed by atoms with E-state index in [1.54, 1.807) is 12.4 Å². The zero-order chi connectivity index (χ0) is 14.7. The van der Waals surface area contributed by atoms with Crippen LogP contribution in [0.25, 0.3) is 0 Å². The minimum Gasteiger partial charge on any atom is -0.381 e. The van der Waals surface area contributed by atoms with Crippen molar-refractivity contribution in [3.8, 4) is 0 Å². The third kappa shape index (κ3) is 2.90. The number of hydrogen-bond donors (Lipinski definition) is 2. The Balaban J connectivity index is 2.56. The first-order valence-corrected chi connectivity index (χ1v) is 6.97. The van der Waals surface area contributed by atoms with E-state index in [9.17, 15) is 0 Å². The van der Waals surface area contributed by atoms with Gasteiger partial charge in [0, 0.05) is 12.4 Å². The van der Waals surface area contributed by atoms with Crippen LogP contribution in [0.1, 0.15) is 56.5 Å². The third-order valence-corrected chi connectivity index (χ3v) is 3.32. The largest absolute Gasteiger partial charge is 0.381 e. The monoisotopic (exact) mass is 270 g/mol. The van der Waals surface area contributed by atoms with Gasteiger partial charge >= 0.3 is 0 Å². The van der Waals surface area contributed by atoms with Gasteiger partial charge in [0.1, 0.15) is 0 Å². The predicted octanol–water partition coefficient (Wildman–Crippen LogP) is 3.69. The molecule has 0 aliphatic rings. The third-order valence-electron chi connectivity index (χ3n) is 3.32. The number of aromatic nitrogens is 2. The van der Waals surface area contributed by atoms with Crippen LogP contribution in [0.15, 0.2) is 35.6 Å². The number of aliphatic imine (C=N–C) groups is 1. The van der Waals surface area contributed by atoms with Gasteiger partial charge in [-0.05, 0) is 23.0 Å². The summed E-state index contributed by atoms with van der Waals surface area (Å²) in [4.78, 5) is 11.8. The fourth-order valence-corrected chi connectivity index (χ4v) is 2.22. The highest BCUT2D eigenvalue weighted by atomic mass is 15.0. The quantitative estimate of drug-likeness (QED) is 0.657. The summed E-state index contributed by atoms with van der Waals surface area (Å²) >= 11 is 0. The normalized spacial score (nSPS) is 12.4. The van der Waals surface area contributed by atoms with Crippen LogP contribution in [-0.4, -0.2) is 15.8 Å². The number of imidazole rings is 1. The number of hydrogen-bond acceptors (Lipinski definition) is 2. The van der Waals surface area contributed by atoms with Crippen molar-refractivity contribution in [2.75, 3.05) is 0 Å². The van der Waals surface area contributed by atoms with Crippen molar-refractivity contribution >= 4 is 11.5 Å². The number of para-hydroxylation sites is 1. The van der Waals surface area contributed by atoms with Gasteiger partial charge in [-0.1, -0.05) is 45.9 Å². The number of nitrogens with two attached hydrogens (primary N) is 1. The lowest BCUT2D eigenvalue weighted by Crippen LogP contribution is -2.15. The summed E-state index contributed by atoms with van der Waals surface area (Å²) in [5.41, 5.74) is 9.47. The van der Waals surface area contributed by atoms with Crippen LogP contribution >= 0.6 is 0 Å². The lowest BCUT2D eigenvalue weighted by Gasteiger charge is -2.16. The highest BCUT2D eigenvalue weighted by molar-refractivity contribution is 5.96. The van der Waals surface area contributed by atoms with Crippen molar-refractivity contribution in [3.63, 3.8) is 0 Å². The minimum atomic E-state index is 0.400. The van der Waals surface area contributed by atoms with Crippen LogP contribution in [0, 0.1) is 0 Å². The molecule has 0 unspecified atom stereocenters. The summed E-state index contributed by atoms with van der Waals surface area (Å²) < 4.78 is 0. The van der Waals surface area contributed by atoms with Gasteiger partial charge < -0.3 is 10.7 Å². The number of aromatic amines is 1. The van der Waals surface area contributed by atoms with Gasteiger partial charge in [-0.2, -0.15) is 0 Å². The van der Waals surface area contributed by atoms with E-state index in [-0.39, 0.29) is 0 Å². The van der Waals surface area contributed by atoms with Crippen molar-refractivity contribution in [1.29, 1.82) is 0 Å². The zero-order valence-electron chi connectivity index (χ0n) is 12.5. The number of amidine groups is 1. The molecule has 4 heteroatoms. The van der Waals surface area contributed by atoms with E-state index in [0.717, 1.165) is 5.69 Å². The van der Waals surface area contributed by atoms with Gasteiger partial charge in [0.15, 0.2) is 11.7 Å². The number of nitrogens with zero attached hydrogens (tertiary/aromatic N) is 2. The van der Waals surface area contributed by atoms with Crippen LogP contribution in [-0.2, 0) is 0 Å². The molecule has 0 aliphatic heterocycles. The molecule has 0 aliphatic carbocycles. The van der Waals surface area contributed by atoms with E-state index in [2.05, 4.69) is 60.9 Å². The Morgan fingerprint density at radius 1 is 1.15 bits per heavy atom. The maximum Gasteiger partial charge on any atom is 0.172 e. The minimum absolute atomic E-state index is 0.400. The van der Waals surface area contributed by atoms with E-state index in [1.165, 1.54) is 11.1 Å². The second kappa shape index (κ2) is 5.90. The van der Waals surface area contributed by atoms with Crippen LogP contribution in [0.4, 0.5) is 5.69 Å². The molecule has 0 saturated heterocycles. The molecular weight excluding hydrogens is 248 g/mol. The number of benzene rings is 1. The summed E-state index contributed by atoms with van der Waals surface area (Å²) in [5, 5.41) is 0. The molecule has 0 fully saturated rings. The Morgan fingerprint density at radius 2 is 1.75 bits per heavy atom. The molecular formula is C16H22N4.